The first-order chi connectivity index (χ1) is 21.6. The second-order valence-electron chi connectivity index (χ2n) is 11.3. The van der Waals surface area contributed by atoms with Gasteiger partial charge in [-0.05, 0) is 54.2 Å². The highest BCUT2D eigenvalue weighted by Gasteiger charge is 2.25. The van der Waals surface area contributed by atoms with Gasteiger partial charge < -0.3 is 9.64 Å². The molecule has 1 amide bonds. The molecule has 1 saturated carbocycles. The molecule has 1 aliphatic heterocycles. The van der Waals surface area contributed by atoms with Gasteiger partial charge in [0.05, 0.1) is 20.8 Å². The molecule has 14 heteroatoms. The summed E-state index contributed by atoms with van der Waals surface area (Å²) in [5.41, 5.74) is 3.09. The zero-order valence-electron chi connectivity index (χ0n) is 24.2. The lowest BCUT2D eigenvalue weighted by atomic mass is 10.0. The highest BCUT2D eigenvalue weighted by atomic mass is 32.3. The highest BCUT2D eigenvalue weighted by Crippen LogP contribution is 2.39. The molecule has 2 aliphatic rings. The van der Waals surface area contributed by atoms with Crippen LogP contribution in [0.15, 0.2) is 54.9 Å². The minimum Gasteiger partial charge on any atom is -0.453 e. The van der Waals surface area contributed by atoms with Crippen LogP contribution in [0, 0.1) is 11.7 Å². The minimum absolute atomic E-state index is 0.0787. The number of halogens is 1. The second kappa shape index (κ2) is 13.3. The first kappa shape index (κ1) is 31.2. The molecule has 0 unspecified atom stereocenters. The molecule has 2 fully saturated rings. The number of Topliss-reactive ketones (excluding diaryl/α,β-unsaturated/α-hetero) is 1. The number of pyridine rings is 2. The third-order valence-electron chi connectivity index (χ3n) is 7.75. The summed E-state index contributed by atoms with van der Waals surface area (Å²) < 4.78 is 55.9. The van der Waals surface area contributed by atoms with Crippen molar-refractivity contribution in [3.05, 3.63) is 71.8 Å². The van der Waals surface area contributed by atoms with Gasteiger partial charge in [-0.25, -0.2) is 8.57 Å². The minimum atomic E-state index is -4.66. The van der Waals surface area contributed by atoms with Gasteiger partial charge in [0, 0.05) is 64.0 Å². The van der Waals surface area contributed by atoms with Crippen molar-refractivity contribution in [2.75, 3.05) is 32.8 Å². The Kier molecular flexibility index (Phi) is 9.19. The number of fused-ring (bicyclic) bond motifs is 1. The van der Waals surface area contributed by atoms with Crippen molar-refractivity contribution in [1.82, 2.24) is 19.8 Å². The number of carbonyl (C=O) groups excluding carboxylic acids is 2. The molecule has 1 saturated heterocycles. The van der Waals surface area contributed by atoms with Crippen LogP contribution >= 0.6 is 11.3 Å². The Morgan fingerprint density at radius 2 is 1.78 bits per heavy atom. The number of rotatable bonds is 12. The van der Waals surface area contributed by atoms with Crippen molar-refractivity contribution < 1.29 is 35.9 Å². The quantitative estimate of drug-likeness (QED) is 0.215. The Balaban J connectivity index is 1.06. The molecular formula is C31H31FN4O7S2. The highest BCUT2D eigenvalue weighted by molar-refractivity contribution is 7.80. The molecule has 0 spiro atoms. The summed E-state index contributed by atoms with van der Waals surface area (Å²) in [6.45, 7) is 1.90. The predicted molar refractivity (Wildman–Crippen MR) is 165 cm³/mol. The Morgan fingerprint density at radius 3 is 2.47 bits per heavy atom. The first-order valence-corrected chi connectivity index (χ1v) is 16.7. The number of piperazine rings is 1. The van der Waals surface area contributed by atoms with E-state index in [1.165, 1.54) is 22.3 Å². The first-order valence-electron chi connectivity index (χ1n) is 14.5. The van der Waals surface area contributed by atoms with Gasteiger partial charge in [0.2, 0.25) is 5.91 Å². The molecule has 1 N–H and O–H groups in total. The van der Waals surface area contributed by atoms with Crippen LogP contribution in [0.1, 0.15) is 30.4 Å². The summed E-state index contributed by atoms with van der Waals surface area (Å²) >= 11 is 1.45. The van der Waals surface area contributed by atoms with E-state index in [-0.39, 0.29) is 18.0 Å². The largest absolute Gasteiger partial charge is 0.453 e. The molecule has 0 atom stereocenters. The van der Waals surface area contributed by atoms with Crippen LogP contribution in [0.25, 0.3) is 20.8 Å². The standard InChI is InChI=1S/C31H31FN4O7S2/c32-24-15-21(14-23(37)13-20-1-2-20)4-6-27(24)43-28-7-8-33-26-16-29(44-31(26)28)25-5-3-22(17-34-25)18-35-9-11-36(12-10-35)30(38)19-42-45(39,40)41/h3-8,15-17,20H,1-2,9-14,18-19H2,(H,39,40,41). The zero-order chi connectivity index (χ0) is 31.6. The lowest BCUT2D eigenvalue weighted by molar-refractivity contribution is -0.135. The van der Waals surface area contributed by atoms with E-state index in [0.717, 1.165) is 33.7 Å². The van der Waals surface area contributed by atoms with Crippen LogP contribution in [-0.4, -0.2) is 77.2 Å². The number of benzene rings is 1. The van der Waals surface area contributed by atoms with Crippen LogP contribution in [0.3, 0.4) is 0 Å². The molecule has 0 radical (unpaired) electrons. The number of hydrogen-bond donors (Lipinski definition) is 1. The van der Waals surface area contributed by atoms with Crippen molar-refractivity contribution in [3.8, 4) is 22.1 Å². The van der Waals surface area contributed by atoms with Crippen molar-refractivity contribution in [1.29, 1.82) is 0 Å². The molecule has 1 aromatic carbocycles. The van der Waals surface area contributed by atoms with Gasteiger partial charge in [-0.3, -0.25) is 29.0 Å². The van der Waals surface area contributed by atoms with E-state index < -0.39 is 28.7 Å². The molecule has 11 nitrogen and oxygen atoms in total. The second-order valence-corrected chi connectivity index (χ2v) is 13.4. The summed E-state index contributed by atoms with van der Waals surface area (Å²) in [7, 11) is -4.66. The fraction of sp³-hybridized carbons (Fsp3) is 0.355. The van der Waals surface area contributed by atoms with Crippen molar-refractivity contribution in [3.63, 3.8) is 0 Å². The van der Waals surface area contributed by atoms with Crippen LogP contribution in [0.2, 0.25) is 0 Å². The van der Waals surface area contributed by atoms with Crippen LogP contribution in [0.5, 0.6) is 11.5 Å². The molecule has 6 rings (SSSR count). The van der Waals surface area contributed by atoms with E-state index in [4.69, 9.17) is 9.29 Å². The van der Waals surface area contributed by atoms with Gasteiger partial charge in [0.1, 0.15) is 18.1 Å². The SMILES string of the molecule is O=C(Cc1ccc(Oc2ccnc3cc(-c4ccc(CN5CCN(C(=O)COS(=O)(=O)O)CC5)cn4)sc23)c(F)c1)CC1CC1. The van der Waals surface area contributed by atoms with Crippen LogP contribution < -0.4 is 4.74 Å². The number of ketones is 1. The van der Waals surface area contributed by atoms with E-state index in [2.05, 4.69) is 19.1 Å². The zero-order valence-corrected chi connectivity index (χ0v) is 25.9. The van der Waals surface area contributed by atoms with Gasteiger partial charge in [-0.2, -0.15) is 8.42 Å². The van der Waals surface area contributed by atoms with Crippen molar-refractivity contribution in [2.45, 2.75) is 32.2 Å². The van der Waals surface area contributed by atoms with Gasteiger partial charge in [-0.15, -0.1) is 11.3 Å². The molecule has 4 aromatic rings. The molecule has 4 heterocycles. The molecule has 45 heavy (non-hydrogen) atoms. The summed E-state index contributed by atoms with van der Waals surface area (Å²) in [5.74, 6) is 0.170. The van der Waals surface area contributed by atoms with E-state index in [9.17, 15) is 22.4 Å². The van der Waals surface area contributed by atoms with E-state index in [1.54, 1.807) is 30.6 Å². The summed E-state index contributed by atoms with van der Waals surface area (Å²) in [4.78, 5) is 37.9. The maximum absolute atomic E-state index is 14.9. The molecular weight excluding hydrogens is 623 g/mol. The lowest BCUT2D eigenvalue weighted by Crippen LogP contribution is -2.49. The van der Waals surface area contributed by atoms with Crippen LogP contribution in [0.4, 0.5) is 4.39 Å². The number of thiophene rings is 1. The maximum Gasteiger partial charge on any atom is 0.397 e. The molecule has 1 aliphatic carbocycles. The maximum atomic E-state index is 14.9. The van der Waals surface area contributed by atoms with Gasteiger partial charge in [0.25, 0.3) is 0 Å². The summed E-state index contributed by atoms with van der Waals surface area (Å²) in [6.07, 6.45) is 6.41. The monoisotopic (exact) mass is 654 g/mol. The van der Waals surface area contributed by atoms with Crippen molar-refractivity contribution in [2.24, 2.45) is 5.92 Å². The smallest absolute Gasteiger partial charge is 0.397 e. The number of carbonyl (C=O) groups is 2. The normalized spacial score (nSPS) is 15.8. The van der Waals surface area contributed by atoms with Gasteiger partial charge in [0.15, 0.2) is 11.6 Å². The topological polar surface area (TPSA) is 139 Å². The molecule has 3 aromatic heterocycles. The molecule has 236 valence electrons. The third-order valence-corrected chi connectivity index (χ3v) is 9.32. The lowest BCUT2D eigenvalue weighted by Gasteiger charge is -2.34. The van der Waals surface area contributed by atoms with E-state index in [0.29, 0.717) is 61.9 Å². The fourth-order valence-corrected chi connectivity index (χ4v) is 6.51. The van der Waals surface area contributed by atoms with Gasteiger partial charge in [-0.1, -0.05) is 12.1 Å². The number of aromatic nitrogens is 2. The Morgan fingerprint density at radius 1 is 1.00 bits per heavy atom. The Labute approximate surface area is 263 Å². The Hall–Kier alpha value is -3.82. The summed E-state index contributed by atoms with van der Waals surface area (Å²) in [5, 5.41) is 0. The number of amides is 1. The Bertz CT molecular complexity index is 1820. The predicted octanol–water partition coefficient (Wildman–Crippen LogP) is 4.67. The molecule has 0 bridgehead atoms. The number of ether oxygens (including phenoxy) is 1. The van der Waals surface area contributed by atoms with E-state index >= 15 is 0 Å². The van der Waals surface area contributed by atoms with Gasteiger partial charge >= 0.3 is 10.4 Å². The number of hydrogen-bond acceptors (Lipinski definition) is 10. The van der Waals surface area contributed by atoms with E-state index in [1.807, 2.05) is 18.2 Å². The van der Waals surface area contributed by atoms with Crippen LogP contribution in [-0.2, 0) is 37.1 Å². The average molecular weight is 655 g/mol. The third kappa shape index (κ3) is 8.27. The average Bonchev–Trinajstić information content (AvgIpc) is 3.71. The summed E-state index contributed by atoms with van der Waals surface area (Å²) in [6, 6.07) is 12.2. The fourth-order valence-electron chi connectivity index (χ4n) is 5.21. The van der Waals surface area contributed by atoms with Crippen molar-refractivity contribution >= 4 is 43.6 Å². The number of nitrogens with zero attached hydrogens (tertiary/aromatic N) is 4.